The van der Waals surface area contributed by atoms with Gasteiger partial charge in [-0.3, -0.25) is 43.4 Å². The van der Waals surface area contributed by atoms with Crippen molar-refractivity contribution < 1.29 is 85.8 Å². The molecule has 30 heteroatoms. The van der Waals surface area contributed by atoms with Crippen LogP contribution in [0.15, 0.2) is 30.5 Å². The summed E-state index contributed by atoms with van der Waals surface area (Å²) < 4.78 is 45.9. The minimum Gasteiger partial charge on any atom is -0.445 e. The lowest BCUT2D eigenvalue weighted by molar-refractivity contribution is -0.142. The highest BCUT2D eigenvalue weighted by Crippen LogP contribution is 2.39. The van der Waals surface area contributed by atoms with E-state index in [2.05, 4.69) is 73.1 Å². The lowest BCUT2D eigenvalue weighted by atomic mass is 9.75. The van der Waals surface area contributed by atoms with Crippen LogP contribution in [0.4, 0.5) is 20.1 Å². The van der Waals surface area contributed by atoms with E-state index in [0.717, 1.165) is 44.3 Å². The molecule has 0 aliphatic carbocycles. The summed E-state index contributed by atoms with van der Waals surface area (Å²) in [5, 5.41) is 19.4. The first-order chi connectivity index (χ1) is 52.0. The third-order valence-corrected chi connectivity index (χ3v) is 20.7. The number of imide groups is 2. The van der Waals surface area contributed by atoms with Crippen molar-refractivity contribution in [2.24, 2.45) is 62.9 Å². The number of nitrogens with one attached hydrogen (secondary N) is 4. The van der Waals surface area contributed by atoms with Crippen LogP contribution in [0.2, 0.25) is 0 Å². The van der Waals surface area contributed by atoms with Crippen molar-refractivity contribution in [3.05, 3.63) is 41.7 Å². The molecular weight excluding hydrogens is 1420 g/mol. The number of rotatable bonds is 45. The number of hydrogen-bond acceptors (Lipinski definition) is 20. The van der Waals surface area contributed by atoms with Crippen LogP contribution in [-0.4, -0.2) is 238 Å². The van der Waals surface area contributed by atoms with Crippen LogP contribution in [0.3, 0.4) is 0 Å². The molecule has 0 bridgehead atoms. The predicted molar refractivity (Wildman–Crippen MR) is 414 cm³/mol. The zero-order chi connectivity index (χ0) is 81.0. The first kappa shape index (κ1) is 93.4. The lowest BCUT2D eigenvalue weighted by Gasteiger charge is -2.38. The van der Waals surface area contributed by atoms with E-state index in [1.54, 1.807) is 40.0 Å². The van der Waals surface area contributed by atoms with E-state index in [1.807, 2.05) is 60.3 Å². The van der Waals surface area contributed by atoms with Gasteiger partial charge in [0.2, 0.25) is 35.4 Å². The molecule has 4 atom stereocenters. The third kappa shape index (κ3) is 34.4. The maximum atomic E-state index is 13.7. The second-order valence-electron chi connectivity index (χ2n) is 33.8. The highest BCUT2D eigenvalue weighted by Gasteiger charge is 2.46. The van der Waals surface area contributed by atoms with Crippen molar-refractivity contribution in [3.8, 4) is 0 Å². The summed E-state index contributed by atoms with van der Waals surface area (Å²) in [6, 6.07) is 5.46. The number of carbonyl (C=O) groups is 10. The maximum absolute atomic E-state index is 13.7. The highest BCUT2D eigenvalue weighted by atomic mass is 16.6. The Labute approximate surface area is 653 Å². The number of Topliss-reactive ketones (excluding diaryl/α,β-unsaturated/α-hetero) is 1. The molecule has 1 aromatic heterocycles. The number of urea groups is 2. The molecule has 30 nitrogen and oxygen atoms in total. The van der Waals surface area contributed by atoms with Gasteiger partial charge in [0, 0.05) is 83.1 Å². The number of benzene rings is 1. The van der Waals surface area contributed by atoms with Gasteiger partial charge in [0.05, 0.1) is 130 Å². The van der Waals surface area contributed by atoms with Crippen molar-refractivity contribution in [2.45, 2.75) is 206 Å². The SMILES string of the molecule is CC(C)(C)C1CCN(C(=O)NCCOCCOCCOCCOCCOCCOCCOCCn2cc(CN3C(=O)CC(C(C)(C)C)C3=O)nn2)CC1.CC(C)[C@H](NC(=O)CCCCCN1C(=O)CC(C(C)(C)C)C1=O)C(=O)C[C@@H](CCCNC(N)=O)C(=O)Nc1ccc(COC(=O)N2CCC(C(C)(C)C)CC2)cc1. The molecule has 110 heavy (non-hydrogen) atoms. The molecule has 0 radical (unpaired) electrons. The molecule has 6 rings (SSSR count). The number of unbranched alkanes of at least 4 members (excludes halogenated alkanes) is 2. The van der Waals surface area contributed by atoms with Crippen LogP contribution in [0.25, 0.3) is 0 Å². The van der Waals surface area contributed by atoms with Crippen LogP contribution in [-0.2, 0) is 91.2 Å². The summed E-state index contributed by atoms with van der Waals surface area (Å²) in [7, 11) is 0. The van der Waals surface area contributed by atoms with Gasteiger partial charge in [-0.05, 0) is 108 Å². The molecular formula is C80H134N12O18. The first-order valence-electron chi connectivity index (χ1n) is 39.8. The average molecular weight is 1550 g/mol. The van der Waals surface area contributed by atoms with E-state index >= 15 is 0 Å². The number of nitrogens with two attached hydrogens (primary N) is 1. The van der Waals surface area contributed by atoms with Gasteiger partial charge >= 0.3 is 18.2 Å². The Morgan fingerprint density at radius 2 is 1.04 bits per heavy atom. The summed E-state index contributed by atoms with van der Waals surface area (Å²) in [6.07, 6.45) is 8.36. The fraction of sp³-hybridized carbons (Fsp3) is 0.775. The van der Waals surface area contributed by atoms with Crippen molar-refractivity contribution in [2.75, 3.05) is 144 Å². The molecule has 2 unspecified atom stereocenters. The monoisotopic (exact) mass is 1550 g/mol. The van der Waals surface area contributed by atoms with Crippen LogP contribution in [0, 0.1) is 57.2 Å². The summed E-state index contributed by atoms with van der Waals surface area (Å²) in [6.45, 7) is 40.2. The minimum atomic E-state index is -0.808. The Balaban J connectivity index is 0.000000395. The van der Waals surface area contributed by atoms with Crippen molar-refractivity contribution in [3.63, 3.8) is 0 Å². The van der Waals surface area contributed by atoms with E-state index in [1.165, 1.54) is 9.80 Å². The number of hydrogen-bond donors (Lipinski definition) is 5. The van der Waals surface area contributed by atoms with Gasteiger partial charge in [-0.25, -0.2) is 19.1 Å². The largest absolute Gasteiger partial charge is 0.445 e. The predicted octanol–water partition coefficient (Wildman–Crippen LogP) is 8.95. The molecule has 4 saturated heterocycles. The molecule has 4 aliphatic heterocycles. The lowest BCUT2D eigenvalue weighted by Crippen LogP contribution is -2.46. The molecule has 0 spiro atoms. The second kappa shape index (κ2) is 47.3. The minimum absolute atomic E-state index is 0.00542. The zero-order valence-electron chi connectivity index (χ0n) is 68.6. The number of anilines is 1. The number of piperidine rings is 2. The number of amides is 11. The number of likely N-dealkylation sites (tertiary alicyclic amines) is 4. The van der Waals surface area contributed by atoms with Gasteiger partial charge < -0.3 is 74.7 Å². The molecule has 2 aromatic rings. The van der Waals surface area contributed by atoms with Crippen molar-refractivity contribution in [1.29, 1.82) is 0 Å². The Bertz CT molecular complexity index is 3160. The Morgan fingerprint density at radius 3 is 1.52 bits per heavy atom. The smallest absolute Gasteiger partial charge is 0.410 e. The van der Waals surface area contributed by atoms with Crippen molar-refractivity contribution >= 4 is 65.1 Å². The molecule has 4 aliphatic rings. The zero-order valence-corrected chi connectivity index (χ0v) is 68.6. The van der Waals surface area contributed by atoms with E-state index in [-0.39, 0.29) is 139 Å². The normalized spacial score (nSPS) is 17.5. The Hall–Kier alpha value is -7.22. The fourth-order valence-corrected chi connectivity index (χ4v) is 13.6. The van der Waals surface area contributed by atoms with Gasteiger partial charge in [-0.2, -0.15) is 0 Å². The number of carbonyl (C=O) groups excluding carboxylic acids is 10. The van der Waals surface area contributed by atoms with Gasteiger partial charge in [0.1, 0.15) is 12.3 Å². The summed E-state index contributed by atoms with van der Waals surface area (Å²) >= 11 is 0. The van der Waals surface area contributed by atoms with Crippen LogP contribution in [0.1, 0.15) is 192 Å². The topological polar surface area (TPSA) is 362 Å². The average Bonchev–Trinajstić information content (AvgIpc) is 1.65. The molecule has 11 amide bonds. The van der Waals surface area contributed by atoms with Crippen molar-refractivity contribution in [1.82, 2.24) is 50.5 Å². The van der Waals surface area contributed by atoms with Gasteiger partial charge in [0.15, 0.2) is 5.78 Å². The van der Waals surface area contributed by atoms with E-state index in [9.17, 15) is 47.9 Å². The molecule has 622 valence electrons. The molecule has 5 heterocycles. The summed E-state index contributed by atoms with van der Waals surface area (Å²) in [5.74, 6) is -1.90. The van der Waals surface area contributed by atoms with Gasteiger partial charge in [0.25, 0.3) is 0 Å². The standard InChI is InChI=1S/C43H68N6O8.C37H66N6O10/c1-28(2)37(47-35(51)14-10-9-11-22-49-36(52)26-33(39(49)54)43(6,7)8)34(50)25-30(13-12-21-45-40(44)55)38(53)46-32-17-15-29(16-18-32)27-57-41(56)48-23-19-31(20-24-48)42(3,4)5;1-36(2,3)30-7-10-41(11-8-30)35(46)38-9-13-47-15-17-49-19-21-51-23-25-53-26-24-52-22-20-50-18-16-48-14-12-42-28-31(39-40-42)29-43-33(44)27-32(34(43)45)37(4,5)6/h15-18,28,30-31,33,37H,9-14,19-27H2,1-8H3,(H,46,53)(H,47,51)(H3,44,45,55);28,30,32H,7-27,29H2,1-6H3,(H,38,46)/t30-,33?,37+;/m1./s1. The number of ketones is 1. The Morgan fingerprint density at radius 1 is 0.555 bits per heavy atom. The second-order valence-corrected chi connectivity index (χ2v) is 33.8. The number of aromatic nitrogens is 3. The fourth-order valence-electron chi connectivity index (χ4n) is 13.6. The quantitative estimate of drug-likeness (QED) is 0.0305. The molecule has 4 fully saturated rings. The molecule has 1 aromatic carbocycles. The van der Waals surface area contributed by atoms with E-state index in [0.29, 0.717) is 180 Å². The highest BCUT2D eigenvalue weighted by molar-refractivity contribution is 6.04. The molecule has 0 saturated carbocycles. The maximum Gasteiger partial charge on any atom is 0.410 e. The first-order valence-corrected chi connectivity index (χ1v) is 39.8. The van der Waals surface area contributed by atoms with Crippen LogP contribution >= 0.6 is 0 Å². The number of primary amides is 1. The van der Waals surface area contributed by atoms with Crippen LogP contribution < -0.4 is 27.0 Å². The van der Waals surface area contributed by atoms with E-state index in [4.69, 9.17) is 43.6 Å². The summed E-state index contributed by atoms with van der Waals surface area (Å²) in [5.41, 5.74) is 7.01. The number of nitrogens with zero attached hydrogens (tertiary/aromatic N) is 7. The van der Waals surface area contributed by atoms with E-state index < -0.39 is 18.0 Å². The van der Waals surface area contributed by atoms with Gasteiger partial charge in [-0.15, -0.1) is 5.10 Å². The van der Waals surface area contributed by atoms with Crippen LogP contribution in [0.5, 0.6) is 0 Å². The van der Waals surface area contributed by atoms with Gasteiger partial charge in [-0.1, -0.05) is 121 Å². The third-order valence-electron chi connectivity index (χ3n) is 20.7. The molecule has 6 N–H and O–H groups in total. The number of ether oxygens (including phenoxy) is 8. The Kier molecular flexibility index (Phi) is 40.2. The summed E-state index contributed by atoms with van der Waals surface area (Å²) in [4.78, 5) is 133.